The minimum absolute atomic E-state index is 0.116. The summed E-state index contributed by atoms with van der Waals surface area (Å²) in [5, 5.41) is 40.0. The van der Waals surface area contributed by atoms with Gasteiger partial charge in [-0.1, -0.05) is 53.5 Å². The third kappa shape index (κ3) is 3.69. The first-order valence-electron chi connectivity index (χ1n) is 10.4. The average Bonchev–Trinajstić information content (AvgIpc) is 3.21. The summed E-state index contributed by atoms with van der Waals surface area (Å²) in [6.07, 6.45) is 0. The molecule has 0 aromatic heterocycles. The first-order chi connectivity index (χ1) is 16.4. The predicted octanol–water partition coefficient (Wildman–Crippen LogP) is 7.39. The summed E-state index contributed by atoms with van der Waals surface area (Å²) in [5.74, 6) is 0.378. The Morgan fingerprint density at radius 1 is 0.618 bits per heavy atom. The number of halogens is 2. The van der Waals surface area contributed by atoms with Gasteiger partial charge in [0, 0.05) is 26.7 Å². The molecule has 1 heterocycles. The van der Waals surface area contributed by atoms with Crippen LogP contribution in [0.1, 0.15) is 22.3 Å². The quantitative estimate of drug-likeness (QED) is 0.279. The molecule has 0 aliphatic carbocycles. The van der Waals surface area contributed by atoms with Crippen molar-refractivity contribution in [2.75, 3.05) is 0 Å². The number of benzene rings is 4. The van der Waals surface area contributed by atoms with Crippen molar-refractivity contribution in [3.63, 3.8) is 0 Å². The van der Waals surface area contributed by atoms with Crippen LogP contribution in [0.15, 0.2) is 101 Å². The number of azo groups is 1. The highest BCUT2D eigenvalue weighted by molar-refractivity contribution is 6.35. The molecule has 5 nitrogen and oxygen atoms in total. The van der Waals surface area contributed by atoms with Crippen molar-refractivity contribution in [1.82, 2.24) is 0 Å². The molecule has 5 rings (SSSR count). The monoisotopic (exact) mass is 488 g/mol. The zero-order valence-corrected chi connectivity index (χ0v) is 19.2. The van der Waals surface area contributed by atoms with Crippen LogP contribution < -0.4 is 0 Å². The maximum Gasteiger partial charge on any atom is 0.161 e. The van der Waals surface area contributed by atoms with Crippen LogP contribution >= 0.6 is 23.2 Å². The van der Waals surface area contributed by atoms with E-state index in [0.717, 1.165) is 22.3 Å². The summed E-state index contributed by atoms with van der Waals surface area (Å²) in [5.41, 5.74) is 3.05. The molecule has 4 aromatic carbocycles. The number of nitrogens with zero attached hydrogens (tertiary/aromatic N) is 2. The molecule has 7 heteroatoms. The fourth-order valence-corrected chi connectivity index (χ4v) is 4.77. The average molecular weight is 489 g/mol. The molecule has 0 amide bonds. The van der Waals surface area contributed by atoms with Crippen LogP contribution in [0.3, 0.4) is 0 Å². The molecule has 0 radical (unpaired) electrons. The molecular weight excluding hydrogens is 471 g/mol. The number of phenolic OH excluding ortho intramolecular Hbond substituents is 3. The topological polar surface area (TPSA) is 85.4 Å². The molecule has 168 valence electrons. The van der Waals surface area contributed by atoms with E-state index < -0.39 is 5.54 Å². The maximum atomic E-state index is 9.95. The maximum absolute atomic E-state index is 9.95. The Kier molecular flexibility index (Phi) is 5.52. The standard InChI is InChI=1S/C27H18Cl2N2O3/c28-19-7-14-23(24(29)15-19)27(18-5-12-22(34)13-6-18)25(16-1-8-20(32)9-2-16)26(30-31-27)17-3-10-21(33)11-4-17/h1-15,32-34H. The van der Waals surface area contributed by atoms with Crippen molar-refractivity contribution in [3.05, 3.63) is 123 Å². The van der Waals surface area contributed by atoms with Gasteiger partial charge in [0.2, 0.25) is 0 Å². The van der Waals surface area contributed by atoms with Gasteiger partial charge in [0.15, 0.2) is 5.54 Å². The SMILES string of the molecule is Oc1ccc(C2=C(c3ccc(O)cc3)C(c3ccc(O)cc3)(c3ccc(Cl)cc3Cl)N=N2)cc1. The van der Waals surface area contributed by atoms with Crippen LogP contribution in [-0.2, 0) is 5.54 Å². The van der Waals surface area contributed by atoms with E-state index in [0.29, 0.717) is 21.3 Å². The smallest absolute Gasteiger partial charge is 0.161 e. The predicted molar refractivity (Wildman–Crippen MR) is 133 cm³/mol. The molecule has 4 aromatic rings. The lowest BCUT2D eigenvalue weighted by atomic mass is 9.74. The second-order valence-electron chi connectivity index (χ2n) is 7.90. The fraction of sp³-hybridized carbons (Fsp3) is 0.0370. The van der Waals surface area contributed by atoms with Gasteiger partial charge in [-0.25, -0.2) is 0 Å². The van der Waals surface area contributed by atoms with E-state index in [-0.39, 0.29) is 17.2 Å². The molecule has 1 aliphatic rings. The first kappa shape index (κ1) is 22.0. The van der Waals surface area contributed by atoms with Gasteiger partial charge >= 0.3 is 0 Å². The van der Waals surface area contributed by atoms with Crippen LogP contribution in [-0.4, -0.2) is 15.3 Å². The van der Waals surface area contributed by atoms with Gasteiger partial charge in [0.05, 0.1) is 5.70 Å². The van der Waals surface area contributed by atoms with Crippen LogP contribution in [0.4, 0.5) is 0 Å². The van der Waals surface area contributed by atoms with Crippen molar-refractivity contribution in [1.29, 1.82) is 0 Å². The summed E-state index contributed by atoms with van der Waals surface area (Å²) in [7, 11) is 0. The van der Waals surface area contributed by atoms with Crippen molar-refractivity contribution in [2.24, 2.45) is 10.2 Å². The van der Waals surface area contributed by atoms with Crippen molar-refractivity contribution in [3.8, 4) is 17.2 Å². The van der Waals surface area contributed by atoms with Crippen LogP contribution in [0.2, 0.25) is 10.0 Å². The van der Waals surface area contributed by atoms with E-state index in [2.05, 4.69) is 5.11 Å². The van der Waals surface area contributed by atoms with Crippen LogP contribution in [0, 0.1) is 0 Å². The number of hydrogen-bond donors (Lipinski definition) is 3. The molecular formula is C27H18Cl2N2O3. The Morgan fingerprint density at radius 2 is 1.15 bits per heavy atom. The van der Waals surface area contributed by atoms with E-state index in [1.165, 1.54) is 0 Å². The number of phenols is 3. The molecule has 1 unspecified atom stereocenters. The van der Waals surface area contributed by atoms with Gasteiger partial charge in [-0.3, -0.25) is 0 Å². The first-order valence-corrected chi connectivity index (χ1v) is 11.2. The fourth-order valence-electron chi connectivity index (χ4n) is 4.22. The number of hydrogen-bond acceptors (Lipinski definition) is 5. The highest BCUT2D eigenvalue weighted by Crippen LogP contribution is 2.55. The molecule has 0 fully saturated rings. The molecule has 0 bridgehead atoms. The van der Waals surface area contributed by atoms with E-state index in [1.807, 2.05) is 6.07 Å². The van der Waals surface area contributed by atoms with E-state index in [9.17, 15) is 15.3 Å². The summed E-state index contributed by atoms with van der Waals surface area (Å²) in [4.78, 5) is 0. The highest BCUT2D eigenvalue weighted by Gasteiger charge is 2.46. The molecule has 1 aliphatic heterocycles. The van der Waals surface area contributed by atoms with Gasteiger partial charge in [-0.05, 0) is 71.8 Å². The lowest BCUT2D eigenvalue weighted by Crippen LogP contribution is -2.26. The van der Waals surface area contributed by atoms with E-state index in [1.54, 1.807) is 84.9 Å². The largest absolute Gasteiger partial charge is 0.508 e. The summed E-state index contributed by atoms with van der Waals surface area (Å²) in [6, 6.07) is 25.4. The summed E-state index contributed by atoms with van der Waals surface area (Å²) in [6.45, 7) is 0. The molecule has 3 N–H and O–H groups in total. The number of rotatable bonds is 4. The van der Waals surface area contributed by atoms with Crippen molar-refractivity contribution in [2.45, 2.75) is 5.54 Å². The second-order valence-corrected chi connectivity index (χ2v) is 8.74. The van der Waals surface area contributed by atoms with Gasteiger partial charge in [0.1, 0.15) is 17.2 Å². The molecule has 0 saturated carbocycles. The van der Waals surface area contributed by atoms with Gasteiger partial charge in [-0.15, -0.1) is 0 Å². The second kappa shape index (κ2) is 8.52. The minimum Gasteiger partial charge on any atom is -0.508 e. The van der Waals surface area contributed by atoms with Crippen molar-refractivity contribution < 1.29 is 15.3 Å². The molecule has 0 spiro atoms. The third-order valence-corrected chi connectivity index (χ3v) is 6.35. The summed E-state index contributed by atoms with van der Waals surface area (Å²) >= 11 is 13.0. The Balaban J connectivity index is 1.89. The Morgan fingerprint density at radius 3 is 1.71 bits per heavy atom. The lowest BCUT2D eigenvalue weighted by molar-refractivity contribution is 0.474. The zero-order chi connectivity index (χ0) is 23.9. The minimum atomic E-state index is -1.17. The van der Waals surface area contributed by atoms with Gasteiger partial charge in [0.25, 0.3) is 0 Å². The Labute approximate surface area is 205 Å². The molecule has 0 saturated heterocycles. The van der Waals surface area contributed by atoms with Gasteiger partial charge in [-0.2, -0.15) is 10.2 Å². The highest BCUT2D eigenvalue weighted by atomic mass is 35.5. The van der Waals surface area contributed by atoms with E-state index >= 15 is 0 Å². The Hall–Kier alpha value is -3.80. The van der Waals surface area contributed by atoms with E-state index in [4.69, 9.17) is 28.3 Å². The van der Waals surface area contributed by atoms with Crippen molar-refractivity contribution >= 4 is 34.5 Å². The normalized spacial score (nSPS) is 17.4. The lowest BCUT2D eigenvalue weighted by Gasteiger charge is -2.31. The van der Waals surface area contributed by atoms with Crippen LogP contribution in [0.25, 0.3) is 11.3 Å². The van der Waals surface area contributed by atoms with Crippen LogP contribution in [0.5, 0.6) is 17.2 Å². The molecule has 1 atom stereocenters. The number of aromatic hydroxyl groups is 3. The zero-order valence-electron chi connectivity index (χ0n) is 17.7. The summed E-state index contributed by atoms with van der Waals surface area (Å²) < 4.78 is 0. The molecule has 34 heavy (non-hydrogen) atoms. The third-order valence-electron chi connectivity index (χ3n) is 5.80. The van der Waals surface area contributed by atoms with Gasteiger partial charge < -0.3 is 15.3 Å². The Bertz CT molecular complexity index is 1430.